The third-order valence-corrected chi connectivity index (χ3v) is 4.11. The van der Waals surface area contributed by atoms with Gasteiger partial charge in [0.05, 0.1) is 18.2 Å². The number of rotatable bonds is 4. The standard InChI is InChI=1S/C14H26N2O3.ClH/c1-9(2)13-10(4-3-5-19-13)7-16-14(18)12-6-11(17)8-15-12;/h9-13,15,17H,3-8H2,1-2H3,(H,16,18);1H. The van der Waals surface area contributed by atoms with Crippen molar-refractivity contribution in [2.45, 2.75) is 51.4 Å². The first-order chi connectivity index (χ1) is 9.08. The smallest absolute Gasteiger partial charge is 0.237 e. The SMILES string of the molecule is CC(C)C1OCCCC1CNC(=O)C1CC(O)CN1.Cl. The maximum absolute atomic E-state index is 12.0. The second kappa shape index (κ2) is 8.17. The number of halogens is 1. The maximum atomic E-state index is 12.0. The van der Waals surface area contributed by atoms with Gasteiger partial charge >= 0.3 is 0 Å². The number of β-amino-alcohol motifs (C(OH)–C–C–N with tert-alkyl or cyclic N) is 1. The van der Waals surface area contributed by atoms with Crippen molar-refractivity contribution in [2.24, 2.45) is 11.8 Å². The van der Waals surface area contributed by atoms with Crippen LogP contribution in [0.15, 0.2) is 0 Å². The molecule has 0 bridgehead atoms. The van der Waals surface area contributed by atoms with E-state index < -0.39 is 6.10 Å². The second-order valence-corrected chi connectivity index (χ2v) is 6.08. The van der Waals surface area contributed by atoms with Crippen LogP contribution in [0.4, 0.5) is 0 Å². The molecule has 1 amide bonds. The van der Waals surface area contributed by atoms with Crippen LogP contribution in [0.1, 0.15) is 33.1 Å². The molecule has 20 heavy (non-hydrogen) atoms. The average molecular weight is 307 g/mol. The molecule has 2 aliphatic rings. The molecule has 6 heteroatoms. The molecule has 0 saturated carbocycles. The van der Waals surface area contributed by atoms with Gasteiger partial charge in [-0.25, -0.2) is 0 Å². The Hall–Kier alpha value is -0.360. The van der Waals surface area contributed by atoms with Crippen molar-refractivity contribution < 1.29 is 14.6 Å². The Kier molecular flexibility index (Phi) is 7.23. The van der Waals surface area contributed by atoms with Gasteiger partial charge in [-0.1, -0.05) is 13.8 Å². The highest BCUT2D eigenvalue weighted by atomic mass is 35.5. The van der Waals surface area contributed by atoms with Crippen LogP contribution < -0.4 is 10.6 Å². The lowest BCUT2D eigenvalue weighted by Crippen LogP contribution is -2.46. The molecule has 2 aliphatic heterocycles. The Morgan fingerprint density at radius 2 is 2.25 bits per heavy atom. The summed E-state index contributed by atoms with van der Waals surface area (Å²) in [4.78, 5) is 12.0. The number of nitrogens with one attached hydrogen (secondary N) is 2. The van der Waals surface area contributed by atoms with Gasteiger partial charge in [0.25, 0.3) is 0 Å². The van der Waals surface area contributed by atoms with Crippen LogP contribution >= 0.6 is 12.4 Å². The van der Waals surface area contributed by atoms with Crippen LogP contribution in [-0.4, -0.2) is 49.0 Å². The molecule has 0 aliphatic carbocycles. The number of aliphatic hydroxyl groups excluding tert-OH is 1. The van der Waals surface area contributed by atoms with E-state index in [0.717, 1.165) is 19.4 Å². The number of carbonyl (C=O) groups excluding carboxylic acids is 1. The molecule has 5 nitrogen and oxygen atoms in total. The van der Waals surface area contributed by atoms with Gasteiger partial charge in [0.2, 0.25) is 5.91 Å². The first-order valence-corrected chi connectivity index (χ1v) is 7.38. The van der Waals surface area contributed by atoms with Crippen molar-refractivity contribution in [3.63, 3.8) is 0 Å². The van der Waals surface area contributed by atoms with Crippen molar-refractivity contribution in [3.8, 4) is 0 Å². The fourth-order valence-electron chi connectivity index (χ4n) is 3.09. The predicted octanol–water partition coefficient (Wildman–Crippen LogP) is 0.698. The molecule has 0 spiro atoms. The Labute approximate surface area is 127 Å². The number of hydrogen-bond donors (Lipinski definition) is 3. The van der Waals surface area contributed by atoms with Gasteiger partial charge in [0.15, 0.2) is 0 Å². The summed E-state index contributed by atoms with van der Waals surface area (Å²) in [5, 5.41) is 15.5. The third-order valence-electron chi connectivity index (χ3n) is 4.11. The fourth-order valence-corrected chi connectivity index (χ4v) is 3.09. The second-order valence-electron chi connectivity index (χ2n) is 6.08. The van der Waals surface area contributed by atoms with Crippen molar-refractivity contribution in [3.05, 3.63) is 0 Å². The molecule has 118 valence electrons. The van der Waals surface area contributed by atoms with Crippen LogP contribution in [0, 0.1) is 11.8 Å². The molecule has 0 aromatic rings. The van der Waals surface area contributed by atoms with Gasteiger partial charge in [-0.3, -0.25) is 4.79 Å². The summed E-state index contributed by atoms with van der Waals surface area (Å²) >= 11 is 0. The van der Waals surface area contributed by atoms with E-state index in [1.54, 1.807) is 0 Å². The van der Waals surface area contributed by atoms with Crippen LogP contribution in [0.5, 0.6) is 0 Å². The van der Waals surface area contributed by atoms with Crippen molar-refractivity contribution >= 4 is 18.3 Å². The number of carbonyl (C=O) groups is 1. The van der Waals surface area contributed by atoms with Crippen LogP contribution in [-0.2, 0) is 9.53 Å². The Bertz CT molecular complexity index is 315. The largest absolute Gasteiger partial charge is 0.392 e. The quantitative estimate of drug-likeness (QED) is 0.715. The average Bonchev–Trinajstić information content (AvgIpc) is 2.83. The topological polar surface area (TPSA) is 70.6 Å². The molecule has 2 fully saturated rings. The fraction of sp³-hybridized carbons (Fsp3) is 0.929. The molecule has 2 saturated heterocycles. The number of ether oxygens (including phenoxy) is 1. The third kappa shape index (κ3) is 4.58. The molecule has 2 heterocycles. The number of hydrogen-bond acceptors (Lipinski definition) is 4. The van der Waals surface area contributed by atoms with Gasteiger partial charge in [0.1, 0.15) is 0 Å². The van der Waals surface area contributed by atoms with E-state index >= 15 is 0 Å². The molecule has 3 N–H and O–H groups in total. The first-order valence-electron chi connectivity index (χ1n) is 7.38. The van der Waals surface area contributed by atoms with E-state index in [9.17, 15) is 9.90 Å². The molecule has 0 aromatic carbocycles. The Morgan fingerprint density at radius 3 is 2.85 bits per heavy atom. The number of aliphatic hydroxyl groups is 1. The Balaban J connectivity index is 0.00000200. The minimum atomic E-state index is -0.392. The van der Waals surface area contributed by atoms with E-state index in [1.807, 2.05) is 0 Å². The summed E-state index contributed by atoms with van der Waals surface area (Å²) in [7, 11) is 0. The minimum Gasteiger partial charge on any atom is -0.392 e. The summed E-state index contributed by atoms with van der Waals surface area (Å²) < 4.78 is 5.82. The van der Waals surface area contributed by atoms with Gasteiger partial charge in [-0.15, -0.1) is 12.4 Å². The van der Waals surface area contributed by atoms with Crippen LogP contribution in [0.2, 0.25) is 0 Å². The van der Waals surface area contributed by atoms with E-state index in [0.29, 0.717) is 31.3 Å². The monoisotopic (exact) mass is 306 g/mol. The van der Waals surface area contributed by atoms with Gasteiger partial charge in [0, 0.05) is 25.6 Å². The van der Waals surface area contributed by atoms with E-state index in [1.165, 1.54) is 0 Å². The summed E-state index contributed by atoms with van der Waals surface area (Å²) in [6.07, 6.45) is 2.56. The zero-order valence-corrected chi connectivity index (χ0v) is 13.1. The lowest BCUT2D eigenvalue weighted by molar-refractivity contribution is -0.124. The molecule has 0 aromatic heterocycles. The normalized spacial score (nSPS) is 33.8. The molecule has 4 atom stereocenters. The molecule has 2 rings (SSSR count). The highest BCUT2D eigenvalue weighted by molar-refractivity contribution is 5.85. The zero-order chi connectivity index (χ0) is 13.8. The van der Waals surface area contributed by atoms with Crippen molar-refractivity contribution in [2.75, 3.05) is 19.7 Å². The summed E-state index contributed by atoms with van der Waals surface area (Å²) in [6, 6.07) is -0.239. The molecule has 0 radical (unpaired) electrons. The van der Waals surface area contributed by atoms with Gasteiger partial charge in [-0.2, -0.15) is 0 Å². The van der Waals surface area contributed by atoms with Crippen molar-refractivity contribution in [1.82, 2.24) is 10.6 Å². The summed E-state index contributed by atoms with van der Waals surface area (Å²) in [5.41, 5.74) is 0. The van der Waals surface area contributed by atoms with E-state index in [2.05, 4.69) is 24.5 Å². The van der Waals surface area contributed by atoms with Gasteiger partial charge in [-0.05, 0) is 25.2 Å². The lowest BCUT2D eigenvalue weighted by atomic mass is 9.87. The van der Waals surface area contributed by atoms with E-state index in [4.69, 9.17) is 4.74 Å². The maximum Gasteiger partial charge on any atom is 0.237 e. The number of amides is 1. The van der Waals surface area contributed by atoms with Gasteiger partial charge < -0.3 is 20.5 Å². The van der Waals surface area contributed by atoms with E-state index in [-0.39, 0.29) is 30.5 Å². The molecule has 4 unspecified atom stereocenters. The predicted molar refractivity (Wildman–Crippen MR) is 80.0 cm³/mol. The highest BCUT2D eigenvalue weighted by Crippen LogP contribution is 2.25. The highest BCUT2D eigenvalue weighted by Gasteiger charge is 2.31. The summed E-state index contributed by atoms with van der Waals surface area (Å²) in [6.45, 7) is 6.36. The zero-order valence-electron chi connectivity index (χ0n) is 12.3. The minimum absolute atomic E-state index is 0. The Morgan fingerprint density at radius 1 is 1.50 bits per heavy atom. The van der Waals surface area contributed by atoms with Crippen molar-refractivity contribution in [1.29, 1.82) is 0 Å². The molecular formula is C14H27ClN2O3. The van der Waals surface area contributed by atoms with Crippen LogP contribution in [0.3, 0.4) is 0 Å². The first kappa shape index (κ1) is 17.7. The molecular weight excluding hydrogens is 280 g/mol. The lowest BCUT2D eigenvalue weighted by Gasteiger charge is -2.34. The van der Waals surface area contributed by atoms with Crippen LogP contribution in [0.25, 0.3) is 0 Å². The summed E-state index contributed by atoms with van der Waals surface area (Å²) in [5.74, 6) is 0.891.